The number of rotatable bonds is 9. The van der Waals surface area contributed by atoms with E-state index in [1.165, 1.54) is 26.0 Å². The van der Waals surface area contributed by atoms with Gasteiger partial charge in [-0.05, 0) is 91.7 Å². The van der Waals surface area contributed by atoms with Gasteiger partial charge in [-0.1, -0.05) is 0 Å². The summed E-state index contributed by atoms with van der Waals surface area (Å²) in [4.78, 5) is 44.1. The zero-order valence-electron chi connectivity index (χ0n) is 40.7. The van der Waals surface area contributed by atoms with Crippen LogP contribution in [0.5, 0.6) is 17.2 Å². The number of aliphatic hydroxyl groups excluding tert-OH is 4. The van der Waals surface area contributed by atoms with Gasteiger partial charge in [0, 0.05) is 30.4 Å². The maximum Gasteiger partial charge on any atom is 0.316 e. The number of carbonyl (C=O) groups is 3. The fourth-order valence-electron chi connectivity index (χ4n) is 11.9. The summed E-state index contributed by atoms with van der Waals surface area (Å²) in [6.45, 7) is 9.22. The molecule has 5 heterocycles. The fourth-order valence-corrected chi connectivity index (χ4v) is 11.9. The molecule has 0 spiro atoms. The largest absolute Gasteiger partial charge is 0.762 e. The predicted molar refractivity (Wildman–Crippen MR) is 238 cm³/mol. The number of ketones is 2. The normalized spacial score (nSPS) is 41.9. The van der Waals surface area contributed by atoms with Crippen LogP contribution in [0, 0.1) is 5.21 Å². The molecule has 23 heteroatoms. The average Bonchev–Trinajstić information content (AvgIpc) is 3.28. The lowest BCUT2D eigenvalue weighted by atomic mass is 9.69. The lowest BCUT2D eigenvalue weighted by Gasteiger charge is -2.56. The second-order valence-corrected chi connectivity index (χ2v) is 20.8. The molecule has 0 aromatic heterocycles. The molecule has 19 atom stereocenters. The van der Waals surface area contributed by atoms with Gasteiger partial charge in [0.15, 0.2) is 24.7 Å². The molecular weight excluding hydrogens is 941 g/mol. The minimum atomic E-state index is -1.69. The monoisotopic (exact) mass is 1000 g/mol. The highest BCUT2D eigenvalue weighted by molar-refractivity contribution is 6.31. The molecule has 0 saturated carbocycles. The van der Waals surface area contributed by atoms with Crippen LogP contribution < -0.4 is 4.74 Å². The lowest BCUT2D eigenvalue weighted by molar-refractivity contribution is -0.367. The molecule has 2 aromatic carbocycles. The maximum absolute atomic E-state index is 14.9. The Morgan fingerprint density at radius 2 is 1.45 bits per heavy atom. The molecule has 7 aliphatic rings. The number of phenolic OH excluding ortho intramolecular Hbond substituents is 2. The Morgan fingerprint density at radius 1 is 0.817 bits per heavy atom. The van der Waals surface area contributed by atoms with Crippen molar-refractivity contribution < 1.29 is 98.0 Å². The number of hydrogen-bond acceptors (Lipinski definition) is 23. The molecule has 9 rings (SSSR count). The second-order valence-electron chi connectivity index (χ2n) is 20.8. The summed E-state index contributed by atoms with van der Waals surface area (Å²) in [5.74, 6) is -5.40. The maximum atomic E-state index is 14.9. The molecule has 0 radical (unpaired) electrons. The van der Waals surface area contributed by atoms with E-state index in [2.05, 4.69) is 0 Å². The van der Waals surface area contributed by atoms with Crippen molar-refractivity contribution in [1.82, 2.24) is 10.1 Å². The molecule has 4 fully saturated rings. The van der Waals surface area contributed by atoms with E-state index in [-0.39, 0.29) is 65.3 Å². The van der Waals surface area contributed by atoms with Gasteiger partial charge in [-0.25, -0.2) is 0 Å². The van der Waals surface area contributed by atoms with Gasteiger partial charge >= 0.3 is 5.97 Å². The third-order valence-electron chi connectivity index (χ3n) is 15.7. The Morgan fingerprint density at radius 3 is 2.07 bits per heavy atom. The van der Waals surface area contributed by atoms with Crippen molar-refractivity contribution in [3.8, 4) is 17.2 Å². The first-order valence-corrected chi connectivity index (χ1v) is 23.7. The van der Waals surface area contributed by atoms with E-state index < -0.39 is 161 Å². The van der Waals surface area contributed by atoms with Crippen LogP contribution in [0.2, 0.25) is 0 Å². The van der Waals surface area contributed by atoms with Crippen molar-refractivity contribution in [2.45, 2.75) is 189 Å². The van der Waals surface area contributed by atoms with Crippen LogP contribution in [0.25, 0.3) is 0 Å². The molecule has 19 unspecified atom stereocenters. The SMILES string of the molecule is COC(=O)C1c2cc3c(c(O)c2CCC1(C)O)C(=O)c1c(O)cc2c(c1C3=O)OC1OC2(C)C(OC2CC(O)C(OC3CC(C)(N([O-])O)C(OC4CC(O)C(O)C(C)O4)C(C)O3)C(C)O2)C(N(C)C)C1O. The molecule has 5 aliphatic heterocycles. The molecule has 2 bridgehead atoms. The number of benzene rings is 2. The molecule has 2 aromatic rings. The van der Waals surface area contributed by atoms with Gasteiger partial charge in [-0.3, -0.25) is 19.6 Å². The smallest absolute Gasteiger partial charge is 0.316 e. The van der Waals surface area contributed by atoms with Gasteiger partial charge in [0.25, 0.3) is 0 Å². The Balaban J connectivity index is 0.981. The average molecular weight is 1000 g/mol. The molecule has 23 nitrogen and oxygen atoms in total. The van der Waals surface area contributed by atoms with Crippen LogP contribution in [0.15, 0.2) is 12.1 Å². The molecular formula is C48H63N2O21-. The van der Waals surface area contributed by atoms with E-state index in [1.54, 1.807) is 46.7 Å². The zero-order chi connectivity index (χ0) is 51.7. The molecule has 71 heavy (non-hydrogen) atoms. The van der Waals surface area contributed by atoms with Gasteiger partial charge < -0.3 is 93.7 Å². The van der Waals surface area contributed by atoms with E-state index in [4.69, 9.17) is 42.6 Å². The lowest BCUT2D eigenvalue weighted by Crippen LogP contribution is -2.70. The molecule has 2 aliphatic carbocycles. The van der Waals surface area contributed by atoms with Crippen molar-refractivity contribution >= 4 is 17.5 Å². The minimum Gasteiger partial charge on any atom is -0.762 e. The standard InChI is InChI=1S/C48H63N2O21/c1-17-35(54)25(52)14-27(64-17)68-42-19(3)66-29(16-46(42,4)50(61)62)67-40-18(2)65-28(15-26(40)53)69-43-34(49(7)8)39(58)45-70-41-23(48(43,6)71-45)13-24(51)31-32(41)37(56)22-12-21-20(36(55)30(22)38(31)57)10-11-47(5,60)33(21)44(59)63-9/h12-13,17-19,25-29,33-35,39-40,42-43,45,51-55,58,60-61H,10-11,14-16H2,1-9H3/q-1. The van der Waals surface area contributed by atoms with E-state index >= 15 is 0 Å². The number of aliphatic hydroxyl groups is 5. The Labute approximate surface area is 408 Å². The number of aromatic hydroxyl groups is 2. The van der Waals surface area contributed by atoms with E-state index in [9.17, 15) is 60.5 Å². The third kappa shape index (κ3) is 8.35. The first kappa shape index (κ1) is 51.9. The van der Waals surface area contributed by atoms with Crippen LogP contribution >= 0.6 is 0 Å². The van der Waals surface area contributed by atoms with Crippen molar-refractivity contribution in [3.05, 3.63) is 56.3 Å². The van der Waals surface area contributed by atoms with E-state index in [0.717, 1.165) is 7.11 Å². The number of fused-ring (bicyclic) bond motifs is 8. The minimum absolute atomic E-state index is 0.0207. The van der Waals surface area contributed by atoms with Gasteiger partial charge in [-0.2, -0.15) is 0 Å². The summed E-state index contributed by atoms with van der Waals surface area (Å²) < 4.78 is 54.9. The van der Waals surface area contributed by atoms with Crippen LogP contribution in [-0.2, 0) is 54.7 Å². The second kappa shape index (κ2) is 18.4. The van der Waals surface area contributed by atoms with Crippen LogP contribution in [-0.4, -0.2) is 193 Å². The van der Waals surface area contributed by atoms with Crippen molar-refractivity contribution in [3.63, 3.8) is 0 Å². The highest BCUT2D eigenvalue weighted by atomic mass is 16.8. The first-order chi connectivity index (χ1) is 33.2. The van der Waals surface area contributed by atoms with Gasteiger partial charge in [0.2, 0.25) is 12.1 Å². The van der Waals surface area contributed by atoms with Crippen molar-refractivity contribution in [2.24, 2.45) is 0 Å². The fraction of sp³-hybridized carbons (Fsp3) is 0.688. The number of esters is 1. The van der Waals surface area contributed by atoms with Crippen molar-refractivity contribution in [2.75, 3.05) is 21.2 Å². The van der Waals surface area contributed by atoms with Gasteiger partial charge in [-0.15, -0.1) is 0 Å². The summed E-state index contributed by atoms with van der Waals surface area (Å²) in [6.07, 6.45) is -16.6. The summed E-state index contributed by atoms with van der Waals surface area (Å²) in [5, 5.41) is 102. The highest BCUT2D eigenvalue weighted by Crippen LogP contribution is 2.55. The number of phenols is 2. The molecule has 4 saturated heterocycles. The van der Waals surface area contributed by atoms with E-state index in [1.807, 2.05) is 0 Å². The Kier molecular flexibility index (Phi) is 13.5. The number of carbonyl (C=O) groups excluding carboxylic acids is 3. The van der Waals surface area contributed by atoms with Crippen LogP contribution in [0.1, 0.15) is 122 Å². The number of hydroxylamine groups is 2. The number of ether oxygens (including phenoxy) is 9. The Hall–Kier alpha value is -3.99. The number of methoxy groups -OCH3 is 1. The zero-order valence-corrected chi connectivity index (χ0v) is 40.7. The summed E-state index contributed by atoms with van der Waals surface area (Å²) in [7, 11) is 4.49. The highest BCUT2D eigenvalue weighted by Gasteiger charge is 2.62. The summed E-state index contributed by atoms with van der Waals surface area (Å²) >= 11 is 0. The van der Waals surface area contributed by atoms with Crippen LogP contribution in [0.4, 0.5) is 0 Å². The summed E-state index contributed by atoms with van der Waals surface area (Å²) in [6, 6.07) is 1.54. The number of likely N-dealkylation sites (N-methyl/N-ethyl adjacent to an activating group) is 1. The van der Waals surface area contributed by atoms with E-state index in [0.29, 0.717) is 0 Å². The van der Waals surface area contributed by atoms with Gasteiger partial charge in [0.1, 0.15) is 59.3 Å². The third-order valence-corrected chi connectivity index (χ3v) is 15.7. The van der Waals surface area contributed by atoms with Gasteiger partial charge in [0.05, 0.1) is 71.5 Å². The topological polar surface area (TPSA) is 326 Å². The molecule has 392 valence electrons. The quantitative estimate of drug-likeness (QED) is 0.108. The molecule has 0 amide bonds. The first-order valence-electron chi connectivity index (χ1n) is 23.7. The van der Waals surface area contributed by atoms with Crippen LogP contribution in [0.3, 0.4) is 0 Å². The Bertz CT molecular complexity index is 2430. The predicted octanol–water partition coefficient (Wildman–Crippen LogP) is 0.673. The number of hydrogen-bond donors (Lipinski definition) is 8. The number of nitrogens with zero attached hydrogens (tertiary/aromatic N) is 2. The molecule has 8 N–H and O–H groups in total. The summed E-state index contributed by atoms with van der Waals surface area (Å²) in [5.41, 5.74) is -6.31. The van der Waals surface area contributed by atoms with Crippen molar-refractivity contribution in [1.29, 1.82) is 0 Å².